The molecule has 0 aromatic heterocycles. The highest BCUT2D eigenvalue weighted by Gasteiger charge is 2.32. The van der Waals surface area contributed by atoms with Gasteiger partial charge in [0.15, 0.2) is 0 Å². The fourth-order valence-electron chi connectivity index (χ4n) is 2.35. The Bertz CT molecular complexity index is 751. The molecule has 1 aliphatic rings. The van der Waals surface area contributed by atoms with Gasteiger partial charge in [-0.2, -0.15) is 0 Å². The van der Waals surface area contributed by atoms with Crippen LogP contribution in [0.15, 0.2) is 30.3 Å². The number of halogens is 1. The van der Waals surface area contributed by atoms with Gasteiger partial charge in [0, 0.05) is 21.9 Å². The van der Waals surface area contributed by atoms with Crippen molar-refractivity contribution in [1.29, 1.82) is 0 Å². The maximum Gasteiger partial charge on any atom is 0.262 e. The maximum absolute atomic E-state index is 13.7. The molecule has 0 unspecified atom stereocenters. The second-order valence-electron chi connectivity index (χ2n) is 4.22. The summed E-state index contributed by atoms with van der Waals surface area (Å²) in [7, 11) is 0. The van der Waals surface area contributed by atoms with Gasteiger partial charge in [0.2, 0.25) is 0 Å². The first-order chi connectivity index (χ1) is 9.15. The van der Waals surface area contributed by atoms with Crippen LogP contribution in [0.4, 0.5) is 4.39 Å². The molecule has 3 rings (SSSR count). The minimum atomic E-state index is -0.480. The van der Waals surface area contributed by atoms with Gasteiger partial charge in [-0.3, -0.25) is 14.5 Å². The number of benzene rings is 2. The molecule has 92 valence electrons. The number of carbonyl (C=O) groups is 2. The lowest BCUT2D eigenvalue weighted by Gasteiger charge is -2.25. The minimum Gasteiger partial charge on any atom is -0.269 e. The first-order valence-corrected chi connectivity index (χ1v) is 5.66. The van der Waals surface area contributed by atoms with Gasteiger partial charge in [0.1, 0.15) is 5.82 Å². The van der Waals surface area contributed by atoms with E-state index >= 15 is 0 Å². The molecule has 0 radical (unpaired) electrons. The van der Waals surface area contributed by atoms with Crippen LogP contribution in [0.2, 0.25) is 0 Å². The molecule has 0 N–H and O–H groups in total. The molecule has 0 saturated carbocycles. The first kappa shape index (κ1) is 11.4. The van der Waals surface area contributed by atoms with E-state index in [9.17, 15) is 14.0 Å². The molecule has 0 fully saturated rings. The van der Waals surface area contributed by atoms with E-state index in [0.717, 1.165) is 4.90 Å². The van der Waals surface area contributed by atoms with Gasteiger partial charge >= 0.3 is 0 Å². The van der Waals surface area contributed by atoms with E-state index in [1.807, 2.05) is 0 Å². The Balaban J connectivity index is 2.39. The van der Waals surface area contributed by atoms with Gasteiger partial charge < -0.3 is 0 Å². The number of carbonyl (C=O) groups excluding carboxylic acids is 2. The van der Waals surface area contributed by atoms with E-state index in [1.165, 1.54) is 12.1 Å². The monoisotopic (exact) mass is 253 g/mol. The zero-order valence-electron chi connectivity index (χ0n) is 9.81. The summed E-state index contributed by atoms with van der Waals surface area (Å²) in [5, 5.41) is 0.642. The summed E-state index contributed by atoms with van der Waals surface area (Å²) in [6, 6.07) is 7.33. The zero-order chi connectivity index (χ0) is 13.6. The summed E-state index contributed by atoms with van der Waals surface area (Å²) in [4.78, 5) is 25.4. The first-order valence-electron chi connectivity index (χ1n) is 5.66. The Morgan fingerprint density at radius 3 is 2.47 bits per heavy atom. The van der Waals surface area contributed by atoms with Crippen molar-refractivity contribution >= 4 is 22.6 Å². The lowest BCUT2D eigenvalue weighted by molar-refractivity contribution is 0.0632. The van der Waals surface area contributed by atoms with Crippen molar-refractivity contribution in [3.05, 3.63) is 47.3 Å². The van der Waals surface area contributed by atoms with E-state index < -0.39 is 17.6 Å². The number of imide groups is 1. The third-order valence-electron chi connectivity index (χ3n) is 3.19. The average Bonchev–Trinajstić information content (AvgIpc) is 2.42. The highest BCUT2D eigenvalue weighted by molar-refractivity contribution is 6.25. The molecule has 4 heteroatoms. The van der Waals surface area contributed by atoms with E-state index in [1.54, 1.807) is 18.2 Å². The normalized spacial score (nSPS) is 13.8. The Labute approximate surface area is 108 Å². The van der Waals surface area contributed by atoms with E-state index in [-0.39, 0.29) is 11.9 Å². The van der Waals surface area contributed by atoms with Crippen LogP contribution < -0.4 is 0 Å². The molecule has 0 atom stereocenters. The van der Waals surface area contributed by atoms with Crippen LogP contribution in [0.5, 0.6) is 0 Å². The fourth-order valence-corrected chi connectivity index (χ4v) is 2.35. The van der Waals surface area contributed by atoms with Crippen molar-refractivity contribution in [3.8, 4) is 12.3 Å². The number of hydrogen-bond acceptors (Lipinski definition) is 2. The van der Waals surface area contributed by atoms with Gasteiger partial charge in [0.05, 0.1) is 6.54 Å². The summed E-state index contributed by atoms with van der Waals surface area (Å²) in [5.74, 6) is 0.871. The molecular weight excluding hydrogens is 245 g/mol. The molecule has 1 aliphatic heterocycles. The molecule has 19 heavy (non-hydrogen) atoms. The number of nitrogens with zero attached hydrogens (tertiary/aromatic N) is 1. The second kappa shape index (κ2) is 3.92. The summed E-state index contributed by atoms with van der Waals surface area (Å²) in [6.45, 7) is -0.0924. The molecule has 1 heterocycles. The molecule has 2 aromatic carbocycles. The number of hydrogen-bond donors (Lipinski definition) is 0. The predicted octanol–water partition coefficient (Wildman–Crippen LogP) is 2.21. The molecule has 0 saturated heterocycles. The lowest BCUT2D eigenvalue weighted by atomic mass is 9.94. The Kier molecular flexibility index (Phi) is 2.36. The van der Waals surface area contributed by atoms with E-state index in [2.05, 4.69) is 5.92 Å². The highest BCUT2D eigenvalue weighted by atomic mass is 19.1. The zero-order valence-corrected chi connectivity index (χ0v) is 9.81. The number of amides is 2. The van der Waals surface area contributed by atoms with Gasteiger partial charge in [-0.15, -0.1) is 6.42 Å². The predicted molar refractivity (Wildman–Crippen MR) is 68.1 cm³/mol. The maximum atomic E-state index is 13.7. The minimum absolute atomic E-state index is 0.0924. The highest BCUT2D eigenvalue weighted by Crippen LogP contribution is 2.31. The molecule has 0 spiro atoms. The van der Waals surface area contributed by atoms with Crippen molar-refractivity contribution in [1.82, 2.24) is 4.90 Å². The quantitative estimate of drug-likeness (QED) is 0.577. The molecule has 2 aromatic rings. The van der Waals surface area contributed by atoms with Gasteiger partial charge in [-0.05, 0) is 18.2 Å². The van der Waals surface area contributed by atoms with Crippen molar-refractivity contribution in [2.45, 2.75) is 0 Å². The molecule has 3 nitrogen and oxygen atoms in total. The topological polar surface area (TPSA) is 37.4 Å². The van der Waals surface area contributed by atoms with Crippen LogP contribution in [0.3, 0.4) is 0 Å². The largest absolute Gasteiger partial charge is 0.269 e. The van der Waals surface area contributed by atoms with E-state index in [4.69, 9.17) is 6.42 Å². The fraction of sp³-hybridized carbons (Fsp3) is 0.0667. The second-order valence-corrected chi connectivity index (χ2v) is 4.22. The molecule has 0 bridgehead atoms. The van der Waals surface area contributed by atoms with Crippen molar-refractivity contribution in [2.75, 3.05) is 6.54 Å². The van der Waals surface area contributed by atoms with Crippen LogP contribution in [0, 0.1) is 18.2 Å². The number of terminal acetylenes is 1. The smallest absolute Gasteiger partial charge is 0.262 e. The average molecular weight is 253 g/mol. The summed E-state index contributed by atoms with van der Waals surface area (Å²) < 4.78 is 13.7. The third kappa shape index (κ3) is 1.45. The standard InChI is InChI=1S/C15H8FNO2/c1-2-8-17-14(18)10-5-3-4-9-12(16)7-6-11(13(9)10)15(17)19/h1,3-7H,8H2. The van der Waals surface area contributed by atoms with Gasteiger partial charge in [-0.1, -0.05) is 18.1 Å². The summed E-state index contributed by atoms with van der Waals surface area (Å²) in [6.07, 6.45) is 5.17. The van der Waals surface area contributed by atoms with Crippen molar-refractivity contribution in [3.63, 3.8) is 0 Å². The van der Waals surface area contributed by atoms with Crippen molar-refractivity contribution < 1.29 is 14.0 Å². The van der Waals surface area contributed by atoms with Crippen LogP contribution in [0.25, 0.3) is 10.8 Å². The van der Waals surface area contributed by atoms with E-state index in [0.29, 0.717) is 16.5 Å². The van der Waals surface area contributed by atoms with Crippen molar-refractivity contribution in [2.24, 2.45) is 0 Å². The van der Waals surface area contributed by atoms with Gasteiger partial charge in [-0.25, -0.2) is 4.39 Å². The molecule has 2 amide bonds. The van der Waals surface area contributed by atoms with Crippen LogP contribution >= 0.6 is 0 Å². The summed E-state index contributed by atoms with van der Waals surface area (Å²) in [5.41, 5.74) is 0.615. The van der Waals surface area contributed by atoms with Crippen LogP contribution in [0.1, 0.15) is 20.7 Å². The third-order valence-corrected chi connectivity index (χ3v) is 3.19. The summed E-state index contributed by atoms with van der Waals surface area (Å²) >= 11 is 0. The Morgan fingerprint density at radius 1 is 1.11 bits per heavy atom. The lowest BCUT2D eigenvalue weighted by Crippen LogP contribution is -2.40. The molecule has 0 aliphatic carbocycles. The molecular formula is C15H8FNO2. The van der Waals surface area contributed by atoms with Gasteiger partial charge in [0.25, 0.3) is 11.8 Å². The Hall–Kier alpha value is -2.67. The van der Waals surface area contributed by atoms with Crippen LogP contribution in [-0.2, 0) is 0 Å². The Morgan fingerprint density at radius 2 is 1.79 bits per heavy atom. The SMILES string of the molecule is C#CCN1C(=O)c2cccc3c(F)ccc(c23)C1=O. The van der Waals surface area contributed by atoms with Crippen LogP contribution in [-0.4, -0.2) is 23.3 Å². The number of rotatable bonds is 1.